The number of hydrogen-bond acceptors (Lipinski definition) is 3. The van der Waals surface area contributed by atoms with Gasteiger partial charge in [0.1, 0.15) is 5.75 Å². The summed E-state index contributed by atoms with van der Waals surface area (Å²) in [6.07, 6.45) is 0. The number of para-hydroxylation sites is 1. The van der Waals surface area contributed by atoms with Crippen LogP contribution in [-0.2, 0) is 0 Å². The lowest BCUT2D eigenvalue weighted by atomic mass is 10.2. The predicted molar refractivity (Wildman–Crippen MR) is 58.4 cm³/mol. The van der Waals surface area contributed by atoms with Gasteiger partial charge in [0.15, 0.2) is 0 Å². The zero-order valence-corrected chi connectivity index (χ0v) is 9.73. The van der Waals surface area contributed by atoms with Crippen molar-refractivity contribution in [2.24, 2.45) is 9.89 Å². The molecule has 0 saturated heterocycles. The number of nitrogens with zero attached hydrogens (tertiary/aromatic N) is 2. The number of hydrogen-bond donors (Lipinski definition) is 0. The lowest BCUT2D eigenvalue weighted by Crippen LogP contribution is -2.01. The van der Waals surface area contributed by atoms with Gasteiger partial charge in [0.05, 0.1) is 12.2 Å². The lowest BCUT2D eigenvalue weighted by Gasteiger charge is -2.05. The van der Waals surface area contributed by atoms with Crippen LogP contribution in [0.25, 0.3) is 0 Å². The van der Waals surface area contributed by atoms with E-state index >= 15 is 0 Å². The average molecular weight is 220 g/mol. The molecular weight excluding hydrogens is 208 g/mol. The molecule has 0 spiro atoms. The van der Waals surface area contributed by atoms with Crippen molar-refractivity contribution in [1.82, 2.24) is 0 Å². The van der Waals surface area contributed by atoms with Gasteiger partial charge in [-0.1, -0.05) is 12.1 Å². The van der Waals surface area contributed by atoms with Gasteiger partial charge in [-0.25, -0.2) is 4.78 Å². The Morgan fingerprint density at radius 1 is 1.47 bits per heavy atom. The Labute approximate surface area is 91.3 Å². The maximum absolute atomic E-state index is 11.6. The van der Waals surface area contributed by atoms with Crippen molar-refractivity contribution in [3.63, 3.8) is 0 Å². The monoisotopic (exact) mass is 220 g/mol. The molecule has 0 aliphatic heterocycles. The number of amides is 1. The molecule has 4 nitrogen and oxygen atoms in total. The smallest absolute Gasteiger partial charge is 0.297 e. The molecule has 2 radical (unpaired) electrons. The van der Waals surface area contributed by atoms with E-state index in [9.17, 15) is 4.79 Å². The SMILES string of the molecule is CCOc1ccccc1C(=O)N=N[Si]C. The quantitative estimate of drug-likeness (QED) is 0.577. The Bertz CT molecular complexity index is 366. The topological polar surface area (TPSA) is 51.0 Å². The Balaban J connectivity index is 2.91. The first kappa shape index (κ1) is 11.6. The molecule has 0 saturated carbocycles. The molecule has 0 bridgehead atoms. The molecular formula is C10H12N2O2Si. The maximum Gasteiger partial charge on any atom is 0.297 e. The van der Waals surface area contributed by atoms with E-state index in [-0.39, 0.29) is 15.6 Å². The van der Waals surface area contributed by atoms with Crippen LogP contribution >= 0.6 is 0 Å². The van der Waals surface area contributed by atoms with Crippen molar-refractivity contribution < 1.29 is 9.53 Å². The summed E-state index contributed by atoms with van der Waals surface area (Å²) < 4.78 is 9.01. The molecule has 1 rings (SSSR count). The number of carbonyl (C=O) groups is 1. The molecule has 0 aliphatic carbocycles. The van der Waals surface area contributed by atoms with Crippen LogP contribution in [0.3, 0.4) is 0 Å². The minimum atomic E-state index is -0.353. The molecule has 0 atom stereocenters. The molecule has 0 N–H and O–H groups in total. The minimum Gasteiger partial charge on any atom is -0.493 e. The van der Waals surface area contributed by atoms with E-state index in [2.05, 4.69) is 9.89 Å². The highest BCUT2D eigenvalue weighted by Gasteiger charge is 2.10. The molecule has 78 valence electrons. The second-order valence-electron chi connectivity index (χ2n) is 2.66. The molecule has 1 aromatic rings. The van der Waals surface area contributed by atoms with Gasteiger partial charge in [-0.3, -0.25) is 4.79 Å². The molecule has 0 heterocycles. The summed E-state index contributed by atoms with van der Waals surface area (Å²) >= 11 is 0. The number of carbonyl (C=O) groups excluding carboxylic acids is 1. The minimum absolute atomic E-state index is 0.290. The Morgan fingerprint density at radius 2 is 2.20 bits per heavy atom. The first-order valence-corrected chi connectivity index (χ1v) is 6.08. The number of benzene rings is 1. The van der Waals surface area contributed by atoms with Crippen LogP contribution in [0.15, 0.2) is 34.2 Å². The van der Waals surface area contributed by atoms with Crippen molar-refractivity contribution in [3.05, 3.63) is 29.8 Å². The van der Waals surface area contributed by atoms with E-state index in [1.54, 1.807) is 18.2 Å². The van der Waals surface area contributed by atoms with E-state index < -0.39 is 0 Å². The molecule has 0 aliphatic rings. The third-order valence-corrected chi connectivity index (χ3v) is 1.96. The highest BCUT2D eigenvalue weighted by atomic mass is 28.2. The number of ether oxygens (including phenoxy) is 1. The fourth-order valence-electron chi connectivity index (χ4n) is 1.07. The summed E-state index contributed by atoms with van der Waals surface area (Å²) in [5, 5.41) is 3.57. The van der Waals surface area contributed by atoms with E-state index in [1.807, 2.05) is 19.5 Å². The van der Waals surface area contributed by atoms with Gasteiger partial charge in [-0.05, 0) is 25.6 Å². The van der Waals surface area contributed by atoms with Crippen molar-refractivity contribution in [3.8, 4) is 5.75 Å². The fraction of sp³-hybridized carbons (Fsp3) is 0.300. The first-order valence-electron chi connectivity index (χ1n) is 4.63. The van der Waals surface area contributed by atoms with Crippen LogP contribution in [0, 0.1) is 0 Å². The van der Waals surface area contributed by atoms with Crippen LogP contribution in [0.4, 0.5) is 0 Å². The van der Waals surface area contributed by atoms with Crippen molar-refractivity contribution in [1.29, 1.82) is 0 Å². The molecule has 5 heteroatoms. The van der Waals surface area contributed by atoms with Crippen LogP contribution in [0.5, 0.6) is 5.75 Å². The average Bonchev–Trinajstić information content (AvgIpc) is 2.27. The van der Waals surface area contributed by atoms with Gasteiger partial charge < -0.3 is 4.74 Å². The summed E-state index contributed by atoms with van der Waals surface area (Å²) in [5.41, 5.74) is 0.460. The Kier molecular flexibility index (Phi) is 4.69. The highest BCUT2D eigenvalue weighted by molar-refractivity contribution is 6.30. The summed E-state index contributed by atoms with van der Waals surface area (Å²) in [6, 6.07) is 7.03. The van der Waals surface area contributed by atoms with Gasteiger partial charge in [0.25, 0.3) is 5.91 Å². The van der Waals surface area contributed by atoms with Gasteiger partial charge in [0, 0.05) is 0 Å². The van der Waals surface area contributed by atoms with Crippen molar-refractivity contribution in [2.45, 2.75) is 13.5 Å². The van der Waals surface area contributed by atoms with Gasteiger partial charge in [-0.2, -0.15) is 0 Å². The third kappa shape index (κ3) is 3.28. The van der Waals surface area contributed by atoms with Gasteiger partial charge in [0.2, 0.25) is 9.68 Å². The summed E-state index contributed by atoms with van der Waals surface area (Å²) in [6.45, 7) is 4.25. The second-order valence-corrected chi connectivity index (χ2v) is 3.31. The zero-order chi connectivity index (χ0) is 11.1. The van der Waals surface area contributed by atoms with Gasteiger partial charge in [-0.15, -0.1) is 5.11 Å². The van der Waals surface area contributed by atoms with Crippen molar-refractivity contribution in [2.75, 3.05) is 6.61 Å². The lowest BCUT2D eigenvalue weighted by molar-refractivity contribution is 0.0992. The van der Waals surface area contributed by atoms with E-state index in [0.29, 0.717) is 17.9 Å². The van der Waals surface area contributed by atoms with Crippen LogP contribution in [0.2, 0.25) is 6.55 Å². The molecule has 0 fully saturated rings. The Hall–Kier alpha value is -1.49. The standard InChI is InChI=1S/C10H12N2O2Si/c1-3-14-9-7-5-4-6-8(9)10(13)11-12-15-2/h4-7H,3H2,1-2H3. The number of rotatable bonds is 4. The molecule has 0 aromatic heterocycles. The second kappa shape index (κ2) is 6.08. The van der Waals surface area contributed by atoms with E-state index in [4.69, 9.17) is 4.74 Å². The largest absolute Gasteiger partial charge is 0.493 e. The molecule has 1 amide bonds. The third-order valence-electron chi connectivity index (χ3n) is 1.66. The van der Waals surface area contributed by atoms with E-state index in [1.165, 1.54) is 0 Å². The first-order chi connectivity index (χ1) is 7.29. The molecule has 0 unspecified atom stereocenters. The zero-order valence-electron chi connectivity index (χ0n) is 8.73. The van der Waals surface area contributed by atoms with Crippen molar-refractivity contribution >= 4 is 15.6 Å². The Morgan fingerprint density at radius 3 is 2.87 bits per heavy atom. The molecule has 1 aromatic carbocycles. The van der Waals surface area contributed by atoms with E-state index in [0.717, 1.165) is 0 Å². The summed E-state index contributed by atoms with van der Waals surface area (Å²) in [5.74, 6) is 0.205. The van der Waals surface area contributed by atoms with Gasteiger partial charge >= 0.3 is 0 Å². The summed E-state index contributed by atoms with van der Waals surface area (Å²) in [7, 11) is 0.290. The highest BCUT2D eigenvalue weighted by Crippen LogP contribution is 2.18. The van der Waals surface area contributed by atoms with Crippen LogP contribution in [-0.4, -0.2) is 22.2 Å². The molecule has 15 heavy (non-hydrogen) atoms. The maximum atomic E-state index is 11.6. The van der Waals surface area contributed by atoms with Crippen LogP contribution in [0.1, 0.15) is 17.3 Å². The predicted octanol–water partition coefficient (Wildman–Crippen LogP) is 2.34. The summed E-state index contributed by atoms with van der Waals surface area (Å²) in [4.78, 5) is 11.6. The fourth-order valence-corrected chi connectivity index (χ4v) is 1.26. The van der Waals surface area contributed by atoms with Crippen LogP contribution < -0.4 is 4.74 Å². The normalized spacial score (nSPS) is 10.5.